The van der Waals surface area contributed by atoms with Crippen LogP contribution in [0.4, 0.5) is 5.82 Å². The zero-order valence-electron chi connectivity index (χ0n) is 20.3. The van der Waals surface area contributed by atoms with Crippen LogP contribution in [0.1, 0.15) is 80.4 Å². The smallest absolute Gasteiger partial charge is 0.257 e. The number of sulfone groups is 1. The van der Waals surface area contributed by atoms with Gasteiger partial charge in [-0.05, 0) is 25.3 Å². The van der Waals surface area contributed by atoms with E-state index in [-0.39, 0.29) is 34.8 Å². The third-order valence-electron chi connectivity index (χ3n) is 6.12. The van der Waals surface area contributed by atoms with Gasteiger partial charge in [-0.3, -0.25) is 9.48 Å². The van der Waals surface area contributed by atoms with Crippen LogP contribution in [-0.4, -0.2) is 50.4 Å². The molecular formula is C23H32N6O3S. The Labute approximate surface area is 194 Å². The Morgan fingerprint density at radius 1 is 1.21 bits per heavy atom. The minimum atomic E-state index is -3.11. The number of hydrogen-bond acceptors (Lipinski definition) is 6. The number of aromatic nitrogens is 5. The number of carbonyl (C=O) groups is 1. The molecule has 0 spiro atoms. The molecule has 0 aliphatic carbocycles. The Hall–Kier alpha value is -2.75. The lowest BCUT2D eigenvalue weighted by molar-refractivity contribution is 0.102. The van der Waals surface area contributed by atoms with E-state index in [2.05, 4.69) is 10.4 Å². The molecule has 1 aliphatic rings. The average molecular weight is 473 g/mol. The molecule has 0 radical (unpaired) electrons. The molecule has 4 rings (SSSR count). The second-order valence-corrected chi connectivity index (χ2v) is 12.5. The van der Waals surface area contributed by atoms with E-state index in [0.717, 1.165) is 17.1 Å². The zero-order chi connectivity index (χ0) is 24.3. The number of rotatable bonds is 4. The molecule has 1 atom stereocenters. The van der Waals surface area contributed by atoms with Crippen molar-refractivity contribution in [2.24, 2.45) is 7.05 Å². The predicted molar refractivity (Wildman–Crippen MR) is 129 cm³/mol. The van der Waals surface area contributed by atoms with Crippen molar-refractivity contribution in [3.63, 3.8) is 0 Å². The summed E-state index contributed by atoms with van der Waals surface area (Å²) in [5.74, 6) is 0.512. The molecule has 1 saturated heterocycles. The molecule has 1 aliphatic heterocycles. The first-order valence-corrected chi connectivity index (χ1v) is 13.0. The van der Waals surface area contributed by atoms with Crippen molar-refractivity contribution in [1.82, 2.24) is 24.5 Å². The second kappa shape index (κ2) is 7.93. The third-order valence-corrected chi connectivity index (χ3v) is 7.88. The van der Waals surface area contributed by atoms with Crippen LogP contribution in [0.5, 0.6) is 0 Å². The van der Waals surface area contributed by atoms with Gasteiger partial charge in [0, 0.05) is 24.2 Å². The molecule has 33 heavy (non-hydrogen) atoms. The van der Waals surface area contributed by atoms with Gasteiger partial charge in [-0.25, -0.2) is 18.1 Å². The molecule has 9 nitrogen and oxygen atoms in total. The van der Waals surface area contributed by atoms with E-state index in [0.29, 0.717) is 28.8 Å². The molecule has 0 aromatic carbocycles. The molecule has 3 aromatic heterocycles. The zero-order valence-corrected chi connectivity index (χ0v) is 21.1. The number of amides is 1. The van der Waals surface area contributed by atoms with Crippen molar-refractivity contribution in [2.75, 3.05) is 16.8 Å². The SMILES string of the molecule is Cc1nn(C)c2nc(C(C)C)cc(C(=O)Nc3cc(C(C)(C)C)nn3C3CCS(=O)(=O)C3)c12. The fourth-order valence-electron chi connectivity index (χ4n) is 4.22. The number of aryl methyl sites for hydroxylation is 2. The monoisotopic (exact) mass is 472 g/mol. The van der Waals surface area contributed by atoms with E-state index in [1.54, 1.807) is 9.36 Å². The summed E-state index contributed by atoms with van der Waals surface area (Å²) in [6, 6.07) is 3.37. The minimum absolute atomic E-state index is 0.0276. The number of pyridine rings is 1. The van der Waals surface area contributed by atoms with E-state index >= 15 is 0 Å². The van der Waals surface area contributed by atoms with Gasteiger partial charge in [-0.2, -0.15) is 10.2 Å². The van der Waals surface area contributed by atoms with E-state index in [9.17, 15) is 13.2 Å². The van der Waals surface area contributed by atoms with Crippen LogP contribution < -0.4 is 5.32 Å². The van der Waals surface area contributed by atoms with Gasteiger partial charge >= 0.3 is 0 Å². The summed E-state index contributed by atoms with van der Waals surface area (Å²) in [4.78, 5) is 18.3. The number of anilines is 1. The Balaban J connectivity index is 1.79. The number of fused-ring (bicyclic) bond motifs is 1. The lowest BCUT2D eigenvalue weighted by atomic mass is 9.92. The summed E-state index contributed by atoms with van der Waals surface area (Å²) in [6.45, 7) is 12.0. The van der Waals surface area contributed by atoms with Gasteiger partial charge in [0.15, 0.2) is 15.5 Å². The van der Waals surface area contributed by atoms with Gasteiger partial charge in [0.05, 0.1) is 39.9 Å². The van der Waals surface area contributed by atoms with Gasteiger partial charge < -0.3 is 5.32 Å². The van der Waals surface area contributed by atoms with Crippen LogP contribution in [0.25, 0.3) is 11.0 Å². The molecule has 4 heterocycles. The number of carbonyl (C=O) groups excluding carboxylic acids is 1. The number of nitrogens with one attached hydrogen (secondary N) is 1. The summed E-state index contributed by atoms with van der Waals surface area (Å²) in [7, 11) is -1.29. The molecule has 178 valence electrons. The fraction of sp³-hybridized carbons (Fsp3) is 0.565. The lowest BCUT2D eigenvalue weighted by Gasteiger charge is -2.16. The van der Waals surface area contributed by atoms with Gasteiger partial charge in [0.25, 0.3) is 5.91 Å². The van der Waals surface area contributed by atoms with Crippen LogP contribution in [0, 0.1) is 6.92 Å². The van der Waals surface area contributed by atoms with Crippen LogP contribution in [-0.2, 0) is 22.3 Å². The van der Waals surface area contributed by atoms with Crippen LogP contribution in [0.15, 0.2) is 12.1 Å². The molecular weight excluding hydrogens is 440 g/mol. The largest absolute Gasteiger partial charge is 0.307 e. The Kier molecular flexibility index (Phi) is 5.63. The molecule has 1 unspecified atom stereocenters. The first-order valence-electron chi connectivity index (χ1n) is 11.2. The first-order chi connectivity index (χ1) is 15.3. The number of nitrogens with zero attached hydrogens (tertiary/aromatic N) is 5. The van der Waals surface area contributed by atoms with E-state index < -0.39 is 9.84 Å². The minimum Gasteiger partial charge on any atom is -0.307 e. The normalized spacial score (nSPS) is 18.4. The highest BCUT2D eigenvalue weighted by Gasteiger charge is 2.33. The van der Waals surface area contributed by atoms with Gasteiger partial charge in [-0.1, -0.05) is 34.6 Å². The first kappa shape index (κ1) is 23.4. The van der Waals surface area contributed by atoms with E-state index in [4.69, 9.17) is 10.1 Å². The highest BCUT2D eigenvalue weighted by molar-refractivity contribution is 7.91. The summed E-state index contributed by atoms with van der Waals surface area (Å²) >= 11 is 0. The van der Waals surface area contributed by atoms with Crippen LogP contribution in [0.3, 0.4) is 0 Å². The van der Waals surface area contributed by atoms with Crippen molar-refractivity contribution >= 4 is 32.6 Å². The Bertz CT molecular complexity index is 1340. The van der Waals surface area contributed by atoms with Crippen molar-refractivity contribution in [2.45, 2.75) is 65.3 Å². The molecule has 10 heteroatoms. The summed E-state index contributed by atoms with van der Waals surface area (Å²) < 4.78 is 27.6. The van der Waals surface area contributed by atoms with E-state index in [1.807, 2.05) is 60.7 Å². The molecule has 1 fully saturated rings. The molecule has 0 bridgehead atoms. The van der Waals surface area contributed by atoms with Crippen LogP contribution in [0.2, 0.25) is 0 Å². The quantitative estimate of drug-likeness (QED) is 0.622. The predicted octanol–water partition coefficient (Wildman–Crippen LogP) is 3.51. The van der Waals surface area contributed by atoms with Crippen molar-refractivity contribution < 1.29 is 13.2 Å². The summed E-state index contributed by atoms with van der Waals surface area (Å²) in [5.41, 5.74) is 3.24. The van der Waals surface area contributed by atoms with Crippen molar-refractivity contribution in [3.05, 3.63) is 34.8 Å². The van der Waals surface area contributed by atoms with Crippen molar-refractivity contribution in [1.29, 1.82) is 0 Å². The maximum Gasteiger partial charge on any atom is 0.257 e. The van der Waals surface area contributed by atoms with Gasteiger partial charge in [0.2, 0.25) is 0 Å². The second-order valence-electron chi connectivity index (χ2n) is 10.3. The molecule has 3 aromatic rings. The van der Waals surface area contributed by atoms with Gasteiger partial charge in [-0.15, -0.1) is 0 Å². The number of hydrogen-bond donors (Lipinski definition) is 1. The molecule has 0 saturated carbocycles. The lowest BCUT2D eigenvalue weighted by Crippen LogP contribution is -2.20. The van der Waals surface area contributed by atoms with E-state index in [1.165, 1.54) is 0 Å². The van der Waals surface area contributed by atoms with Crippen LogP contribution >= 0.6 is 0 Å². The molecule has 1 N–H and O–H groups in total. The maximum absolute atomic E-state index is 13.6. The Morgan fingerprint density at radius 2 is 1.91 bits per heavy atom. The third kappa shape index (κ3) is 4.40. The Morgan fingerprint density at radius 3 is 2.48 bits per heavy atom. The van der Waals surface area contributed by atoms with Gasteiger partial charge in [0.1, 0.15) is 5.82 Å². The summed E-state index contributed by atoms with van der Waals surface area (Å²) in [5, 5.41) is 12.9. The molecule has 1 amide bonds. The topological polar surface area (TPSA) is 112 Å². The standard InChI is InChI=1S/C23H32N6O3S/c1-13(2)17-10-16(20-14(3)26-28(7)21(20)24-17)22(30)25-19-11-18(23(4,5)6)27-29(19)15-8-9-33(31,32)12-15/h10-11,13,15H,8-9,12H2,1-7H3,(H,25,30). The fourth-order valence-corrected chi connectivity index (χ4v) is 5.92. The summed E-state index contributed by atoms with van der Waals surface area (Å²) in [6.07, 6.45) is 0.481. The highest BCUT2D eigenvalue weighted by atomic mass is 32.2. The maximum atomic E-state index is 13.6. The average Bonchev–Trinajstić information content (AvgIpc) is 3.36. The van der Waals surface area contributed by atoms with Crippen molar-refractivity contribution in [3.8, 4) is 0 Å². The highest BCUT2D eigenvalue weighted by Crippen LogP contribution is 2.32.